The van der Waals surface area contributed by atoms with Gasteiger partial charge in [0.25, 0.3) is 5.91 Å². The zero-order valence-corrected chi connectivity index (χ0v) is 10.3. The van der Waals surface area contributed by atoms with Crippen molar-refractivity contribution in [2.45, 2.75) is 12.8 Å². The Morgan fingerprint density at radius 2 is 1.65 bits per heavy atom. The molecule has 0 saturated carbocycles. The van der Waals surface area contributed by atoms with E-state index in [1.807, 2.05) is 0 Å². The summed E-state index contributed by atoms with van der Waals surface area (Å²) in [5.74, 6) is -1.09. The monoisotopic (exact) mass is 280 g/mol. The molecule has 3 nitrogen and oxygen atoms in total. The zero-order chi connectivity index (χ0) is 14.6. The van der Waals surface area contributed by atoms with Crippen LogP contribution in [0.1, 0.15) is 15.9 Å². The lowest BCUT2D eigenvalue weighted by Gasteiger charge is -2.25. The highest BCUT2D eigenvalue weighted by Gasteiger charge is 2.41. The maximum absolute atomic E-state index is 13.0. The number of halogens is 3. The van der Waals surface area contributed by atoms with Gasteiger partial charge in [-0.1, -0.05) is 30.3 Å². The summed E-state index contributed by atoms with van der Waals surface area (Å²) in [5.41, 5.74) is 0.362. The Morgan fingerprint density at radius 1 is 1.05 bits per heavy atom. The van der Waals surface area contributed by atoms with Gasteiger partial charge >= 0.3 is 6.30 Å². The van der Waals surface area contributed by atoms with Crippen LogP contribution in [0.5, 0.6) is 0 Å². The maximum atomic E-state index is 13.0. The van der Waals surface area contributed by atoms with Gasteiger partial charge in [0, 0.05) is 18.0 Å². The molecule has 1 aromatic carbocycles. The summed E-state index contributed by atoms with van der Waals surface area (Å²) in [7, 11) is 0. The van der Waals surface area contributed by atoms with E-state index in [1.54, 1.807) is 30.3 Å². The van der Waals surface area contributed by atoms with Gasteiger partial charge in [0.05, 0.1) is 6.54 Å². The Labute approximate surface area is 113 Å². The molecule has 0 spiro atoms. The Bertz CT molecular complexity index is 570. The van der Waals surface area contributed by atoms with Gasteiger partial charge < -0.3 is 0 Å². The number of aromatic nitrogens is 1. The molecule has 0 aliphatic heterocycles. The molecular formula is C14H11F3N2O. The molecule has 6 heteroatoms. The van der Waals surface area contributed by atoms with Crippen LogP contribution in [0.2, 0.25) is 0 Å². The van der Waals surface area contributed by atoms with Gasteiger partial charge in [-0.15, -0.1) is 13.2 Å². The van der Waals surface area contributed by atoms with Crippen molar-refractivity contribution in [1.82, 2.24) is 9.88 Å². The third kappa shape index (κ3) is 3.34. The van der Waals surface area contributed by atoms with Gasteiger partial charge in [-0.3, -0.25) is 9.78 Å². The molecule has 0 unspecified atom stereocenters. The van der Waals surface area contributed by atoms with Crippen LogP contribution in [0.3, 0.4) is 0 Å². The van der Waals surface area contributed by atoms with Crippen LogP contribution in [0, 0.1) is 0 Å². The van der Waals surface area contributed by atoms with Crippen LogP contribution in [-0.4, -0.2) is 22.1 Å². The van der Waals surface area contributed by atoms with Gasteiger partial charge in [-0.05, 0) is 17.7 Å². The van der Waals surface area contributed by atoms with Crippen molar-refractivity contribution in [3.8, 4) is 0 Å². The molecule has 0 aliphatic carbocycles. The number of alkyl halides is 3. The number of benzene rings is 1. The fourth-order valence-electron chi connectivity index (χ4n) is 1.69. The molecule has 104 valence electrons. The van der Waals surface area contributed by atoms with E-state index in [4.69, 9.17) is 0 Å². The van der Waals surface area contributed by atoms with E-state index in [2.05, 4.69) is 4.98 Å². The van der Waals surface area contributed by atoms with E-state index < -0.39 is 18.8 Å². The average Bonchev–Trinajstić information content (AvgIpc) is 2.45. The minimum atomic E-state index is -4.74. The predicted octanol–water partition coefficient (Wildman–Crippen LogP) is 3.24. The first-order valence-electron chi connectivity index (χ1n) is 5.81. The SMILES string of the molecule is O=C(c1ccncc1)N(Cc1ccccc1)C(F)(F)F. The average molecular weight is 280 g/mol. The first-order valence-corrected chi connectivity index (χ1v) is 5.81. The lowest BCUT2D eigenvalue weighted by atomic mass is 10.2. The molecule has 0 radical (unpaired) electrons. The summed E-state index contributed by atoms with van der Waals surface area (Å²) in [6, 6.07) is 10.5. The first-order chi connectivity index (χ1) is 9.48. The fourth-order valence-corrected chi connectivity index (χ4v) is 1.69. The molecule has 0 N–H and O–H groups in total. The van der Waals surface area contributed by atoms with Crippen molar-refractivity contribution in [2.24, 2.45) is 0 Å². The van der Waals surface area contributed by atoms with Crippen LogP contribution in [-0.2, 0) is 6.54 Å². The fraction of sp³-hybridized carbons (Fsp3) is 0.143. The van der Waals surface area contributed by atoms with Crippen molar-refractivity contribution >= 4 is 5.91 Å². The Kier molecular flexibility index (Phi) is 4.02. The second-order valence-corrected chi connectivity index (χ2v) is 4.08. The number of amides is 1. The summed E-state index contributed by atoms with van der Waals surface area (Å²) >= 11 is 0. The Morgan fingerprint density at radius 3 is 2.20 bits per heavy atom. The predicted molar refractivity (Wildman–Crippen MR) is 66.6 cm³/mol. The summed E-state index contributed by atoms with van der Waals surface area (Å²) in [5, 5.41) is 0. The van der Waals surface area contributed by atoms with E-state index in [0.717, 1.165) is 0 Å². The highest BCUT2D eigenvalue weighted by atomic mass is 19.4. The molecule has 2 rings (SSSR count). The number of hydrogen-bond acceptors (Lipinski definition) is 2. The Balaban J connectivity index is 2.27. The number of hydrogen-bond donors (Lipinski definition) is 0. The van der Waals surface area contributed by atoms with Gasteiger partial charge in [0.15, 0.2) is 0 Å². The van der Waals surface area contributed by atoms with E-state index >= 15 is 0 Å². The molecule has 0 bridgehead atoms. The van der Waals surface area contributed by atoms with Gasteiger partial charge in [0.1, 0.15) is 0 Å². The van der Waals surface area contributed by atoms with Crippen LogP contribution < -0.4 is 0 Å². The summed E-state index contributed by atoms with van der Waals surface area (Å²) in [4.78, 5) is 15.5. The quantitative estimate of drug-likeness (QED) is 0.809. The van der Waals surface area contributed by atoms with Gasteiger partial charge in [-0.25, -0.2) is 4.90 Å². The number of rotatable bonds is 3. The number of carbonyl (C=O) groups is 1. The highest BCUT2D eigenvalue weighted by Crippen LogP contribution is 2.25. The molecule has 0 fully saturated rings. The second-order valence-electron chi connectivity index (χ2n) is 4.08. The second kappa shape index (κ2) is 5.73. The molecular weight excluding hydrogens is 269 g/mol. The third-order valence-electron chi connectivity index (χ3n) is 2.66. The van der Waals surface area contributed by atoms with Crippen molar-refractivity contribution in [1.29, 1.82) is 0 Å². The van der Waals surface area contributed by atoms with E-state index in [-0.39, 0.29) is 10.5 Å². The largest absolute Gasteiger partial charge is 0.487 e. The molecule has 20 heavy (non-hydrogen) atoms. The van der Waals surface area contributed by atoms with Crippen molar-refractivity contribution in [3.63, 3.8) is 0 Å². The van der Waals surface area contributed by atoms with E-state index in [9.17, 15) is 18.0 Å². The number of pyridine rings is 1. The highest BCUT2D eigenvalue weighted by molar-refractivity contribution is 5.94. The van der Waals surface area contributed by atoms with Crippen LogP contribution in [0.15, 0.2) is 54.9 Å². The van der Waals surface area contributed by atoms with Gasteiger partial charge in [0.2, 0.25) is 0 Å². The normalized spacial score (nSPS) is 11.2. The van der Waals surface area contributed by atoms with Crippen LogP contribution >= 0.6 is 0 Å². The molecule has 1 heterocycles. The van der Waals surface area contributed by atoms with E-state index in [1.165, 1.54) is 24.5 Å². The molecule has 0 aliphatic rings. The summed E-state index contributed by atoms with van der Waals surface area (Å²) in [6.45, 7) is -0.522. The number of nitrogens with zero attached hydrogens (tertiary/aromatic N) is 2. The standard InChI is InChI=1S/C14H11F3N2O/c15-14(16,17)19(10-11-4-2-1-3-5-11)13(20)12-6-8-18-9-7-12/h1-9H,10H2. The summed E-state index contributed by atoms with van der Waals surface area (Å²) < 4.78 is 39.1. The van der Waals surface area contributed by atoms with Crippen molar-refractivity contribution in [2.75, 3.05) is 0 Å². The lowest BCUT2D eigenvalue weighted by molar-refractivity contribution is -0.227. The topological polar surface area (TPSA) is 33.2 Å². The van der Waals surface area contributed by atoms with Crippen molar-refractivity contribution < 1.29 is 18.0 Å². The maximum Gasteiger partial charge on any atom is 0.487 e. The lowest BCUT2D eigenvalue weighted by Crippen LogP contribution is -2.42. The molecule has 1 amide bonds. The minimum Gasteiger partial charge on any atom is -0.269 e. The molecule has 0 atom stereocenters. The Hall–Kier alpha value is -2.37. The van der Waals surface area contributed by atoms with Gasteiger partial charge in [-0.2, -0.15) is 0 Å². The van der Waals surface area contributed by atoms with E-state index in [0.29, 0.717) is 5.56 Å². The molecule has 2 aromatic rings. The first kappa shape index (κ1) is 14.0. The smallest absolute Gasteiger partial charge is 0.269 e. The minimum absolute atomic E-state index is 0.0479. The third-order valence-corrected chi connectivity index (χ3v) is 2.66. The molecule has 0 saturated heterocycles. The zero-order valence-electron chi connectivity index (χ0n) is 10.3. The van der Waals surface area contributed by atoms with Crippen molar-refractivity contribution in [3.05, 3.63) is 66.0 Å². The molecule has 1 aromatic heterocycles. The van der Waals surface area contributed by atoms with Crippen LogP contribution in [0.25, 0.3) is 0 Å². The van der Waals surface area contributed by atoms with Crippen LogP contribution in [0.4, 0.5) is 13.2 Å². The summed E-state index contributed by atoms with van der Waals surface area (Å²) in [6.07, 6.45) is -2.18. The number of carbonyl (C=O) groups excluding carboxylic acids is 1.